The molecule has 6 nitrogen and oxygen atoms in total. The Bertz CT molecular complexity index is 1900. The summed E-state index contributed by atoms with van der Waals surface area (Å²) >= 11 is 0. The number of hydrogen-bond acceptors (Lipinski definition) is 6. The van der Waals surface area contributed by atoms with Crippen molar-refractivity contribution in [1.82, 2.24) is 4.90 Å². The third-order valence-corrected chi connectivity index (χ3v) is 12.7. The summed E-state index contributed by atoms with van der Waals surface area (Å²) < 4.78 is 27.4. The largest absolute Gasteiger partial charge is 0.493 e. The second kappa shape index (κ2) is 19.3. The summed E-state index contributed by atoms with van der Waals surface area (Å²) in [4.78, 5) is 5.31. The molecule has 1 heterocycles. The van der Waals surface area contributed by atoms with E-state index in [9.17, 15) is 0 Å². The molecule has 4 aromatic carbocycles. The van der Waals surface area contributed by atoms with Crippen molar-refractivity contribution >= 4 is 11.4 Å². The van der Waals surface area contributed by atoms with Crippen LogP contribution in [0, 0.1) is 55.4 Å². The van der Waals surface area contributed by atoms with Gasteiger partial charge in [0.25, 0.3) is 0 Å². The minimum absolute atomic E-state index is 0.358. The molecule has 58 heavy (non-hydrogen) atoms. The van der Waals surface area contributed by atoms with Gasteiger partial charge in [0.1, 0.15) is 23.0 Å². The molecular weight excluding hydrogens is 717 g/mol. The van der Waals surface area contributed by atoms with Crippen LogP contribution in [0.5, 0.6) is 23.0 Å². The molecule has 0 saturated heterocycles. The molecule has 0 atom stereocenters. The highest BCUT2D eigenvalue weighted by Crippen LogP contribution is 2.46. The Morgan fingerprint density at radius 1 is 0.379 bits per heavy atom. The van der Waals surface area contributed by atoms with Gasteiger partial charge in [0.15, 0.2) is 0 Å². The van der Waals surface area contributed by atoms with Crippen molar-refractivity contribution in [1.29, 1.82) is 0 Å². The number of benzene rings is 4. The van der Waals surface area contributed by atoms with Crippen molar-refractivity contribution < 1.29 is 18.9 Å². The van der Waals surface area contributed by atoms with Crippen LogP contribution >= 0.6 is 0 Å². The summed E-state index contributed by atoms with van der Waals surface area (Å²) in [7, 11) is 0. The highest BCUT2D eigenvalue weighted by Gasteiger charge is 2.30. The first kappa shape index (κ1) is 42.0. The third-order valence-electron chi connectivity index (χ3n) is 12.7. The average Bonchev–Trinajstić information content (AvgIpc) is 3.18. The van der Waals surface area contributed by atoms with Crippen LogP contribution in [0.2, 0.25) is 0 Å². The van der Waals surface area contributed by atoms with Crippen LogP contribution in [0.4, 0.5) is 11.4 Å². The van der Waals surface area contributed by atoms with Gasteiger partial charge in [0.2, 0.25) is 0 Å². The van der Waals surface area contributed by atoms with Crippen molar-refractivity contribution in [3.8, 4) is 23.0 Å². The number of aryl methyl sites for hydroxylation is 8. The van der Waals surface area contributed by atoms with Crippen molar-refractivity contribution in [2.45, 2.75) is 158 Å². The average molecular weight is 787 g/mol. The molecule has 1 aliphatic heterocycles. The number of fused-ring (bicyclic) bond motifs is 4. The zero-order chi connectivity index (χ0) is 40.8. The molecule has 2 aliphatic carbocycles. The SMILES string of the molecule is Cc1cc(C)c2c(c1)CN(C1CCCCC1)Cc1cc(C)cc(C)c1OCCCOc1c(C)cc(C)cc1N(C1CCCCC1)c1cc(C)cc(C)c1OCCCO2. The Hall–Kier alpha value is -4.16. The van der Waals surface area contributed by atoms with Crippen LogP contribution in [-0.2, 0) is 13.1 Å². The zero-order valence-corrected chi connectivity index (χ0v) is 37.0. The zero-order valence-electron chi connectivity index (χ0n) is 37.0. The Kier molecular flexibility index (Phi) is 13.9. The molecule has 6 heteroatoms. The summed E-state index contributed by atoms with van der Waals surface area (Å²) in [6.45, 7) is 21.7. The molecular formula is C52H70N2O4. The molecule has 0 radical (unpaired) electrons. The first-order valence-electron chi connectivity index (χ1n) is 22.5. The molecule has 0 unspecified atom stereocenters. The van der Waals surface area contributed by atoms with E-state index in [1.165, 1.54) is 107 Å². The Morgan fingerprint density at radius 3 is 1.14 bits per heavy atom. The molecule has 0 aromatic heterocycles. The smallest absolute Gasteiger partial charge is 0.145 e. The summed E-state index contributed by atoms with van der Waals surface area (Å²) in [6, 6.07) is 19.3. The normalized spacial score (nSPS) is 18.4. The van der Waals surface area contributed by atoms with Gasteiger partial charge in [-0.2, -0.15) is 0 Å². The van der Waals surface area contributed by atoms with Gasteiger partial charge in [-0.25, -0.2) is 0 Å². The van der Waals surface area contributed by atoms with Crippen LogP contribution < -0.4 is 23.8 Å². The fraction of sp³-hybridized carbons (Fsp3) is 0.538. The van der Waals surface area contributed by atoms with Gasteiger partial charge in [-0.15, -0.1) is 0 Å². The number of hydrogen-bond donors (Lipinski definition) is 0. The molecule has 312 valence electrons. The molecule has 2 saturated carbocycles. The molecule has 4 aromatic rings. The van der Waals surface area contributed by atoms with E-state index in [0.717, 1.165) is 73.1 Å². The predicted octanol–water partition coefficient (Wildman–Crippen LogP) is 13.0. The van der Waals surface area contributed by atoms with E-state index in [4.69, 9.17) is 18.9 Å². The lowest BCUT2D eigenvalue weighted by atomic mass is 9.92. The molecule has 2 fully saturated rings. The van der Waals surface area contributed by atoms with Crippen molar-refractivity contribution in [2.75, 3.05) is 31.3 Å². The lowest BCUT2D eigenvalue weighted by molar-refractivity contribution is 0.135. The number of nitrogens with zero attached hydrogens (tertiary/aromatic N) is 2. The van der Waals surface area contributed by atoms with Gasteiger partial charge in [0.05, 0.1) is 37.8 Å². The van der Waals surface area contributed by atoms with Gasteiger partial charge < -0.3 is 23.8 Å². The van der Waals surface area contributed by atoms with Gasteiger partial charge in [-0.3, -0.25) is 4.90 Å². The Labute approximate surface area is 350 Å². The second-order valence-corrected chi connectivity index (χ2v) is 18.0. The predicted molar refractivity (Wildman–Crippen MR) is 240 cm³/mol. The quantitative estimate of drug-likeness (QED) is 0.202. The van der Waals surface area contributed by atoms with Gasteiger partial charge in [0, 0.05) is 49.1 Å². The molecule has 0 spiro atoms. The highest BCUT2D eigenvalue weighted by molar-refractivity contribution is 5.77. The van der Waals surface area contributed by atoms with E-state index in [-0.39, 0.29) is 0 Å². The number of anilines is 2. The minimum Gasteiger partial charge on any atom is -0.493 e. The van der Waals surface area contributed by atoms with E-state index in [2.05, 4.69) is 114 Å². The standard InChI is InChI=1S/C52H70N2O4/c1-35-25-39(5)49-43(29-35)33-53(45-17-11-9-12-18-45)34-44-30-36(2)26-40(6)50(44)56-22-16-24-58-52-42(8)28-38(4)32-48(52)54(46-19-13-10-14-20-46)47-31-37(3)27-41(7)51(47)57-23-15-21-55-49/h25-32,45-46H,9-24,33-34H2,1-8H3. The maximum atomic E-state index is 6.88. The van der Waals surface area contributed by atoms with Crippen LogP contribution in [-0.4, -0.2) is 43.4 Å². The first-order valence-corrected chi connectivity index (χ1v) is 22.5. The van der Waals surface area contributed by atoms with E-state index in [1.54, 1.807) is 0 Å². The van der Waals surface area contributed by atoms with Crippen LogP contribution in [0.25, 0.3) is 0 Å². The minimum atomic E-state index is 0.358. The second-order valence-electron chi connectivity index (χ2n) is 18.0. The van der Waals surface area contributed by atoms with E-state index < -0.39 is 0 Å². The third kappa shape index (κ3) is 9.99. The van der Waals surface area contributed by atoms with Gasteiger partial charge in [-0.1, -0.05) is 86.1 Å². The topological polar surface area (TPSA) is 43.4 Å². The van der Waals surface area contributed by atoms with Gasteiger partial charge >= 0.3 is 0 Å². The summed E-state index contributed by atoms with van der Waals surface area (Å²) in [5.74, 6) is 4.00. The summed E-state index contributed by atoms with van der Waals surface area (Å²) in [6.07, 6.45) is 14.0. The lowest BCUT2D eigenvalue weighted by Gasteiger charge is -2.39. The van der Waals surface area contributed by atoms with Crippen molar-refractivity contribution in [3.63, 3.8) is 0 Å². The van der Waals surface area contributed by atoms with Crippen LogP contribution in [0.15, 0.2) is 48.5 Å². The van der Waals surface area contributed by atoms with Crippen molar-refractivity contribution in [3.05, 3.63) is 104 Å². The lowest BCUT2D eigenvalue weighted by Crippen LogP contribution is -2.36. The van der Waals surface area contributed by atoms with Crippen molar-refractivity contribution in [2.24, 2.45) is 0 Å². The Balaban J connectivity index is 1.28. The summed E-state index contributed by atoms with van der Waals surface area (Å²) in [5.41, 5.74) is 14.6. The van der Waals surface area contributed by atoms with E-state index in [0.29, 0.717) is 38.5 Å². The molecule has 0 amide bonds. The molecule has 3 aliphatic rings. The van der Waals surface area contributed by atoms with E-state index >= 15 is 0 Å². The maximum absolute atomic E-state index is 6.88. The number of rotatable bonds is 2. The van der Waals surface area contributed by atoms with Gasteiger partial charge in [-0.05, 0) is 127 Å². The van der Waals surface area contributed by atoms with Crippen LogP contribution in [0.3, 0.4) is 0 Å². The molecule has 0 N–H and O–H groups in total. The summed E-state index contributed by atoms with van der Waals surface area (Å²) in [5, 5.41) is 0. The maximum Gasteiger partial charge on any atom is 0.145 e. The van der Waals surface area contributed by atoms with E-state index in [1.807, 2.05) is 0 Å². The fourth-order valence-corrected chi connectivity index (χ4v) is 10.2. The first-order chi connectivity index (χ1) is 28.0. The molecule has 7 rings (SSSR count). The Morgan fingerprint density at radius 2 is 0.724 bits per heavy atom. The molecule has 0 bridgehead atoms. The number of ether oxygens (including phenoxy) is 4. The monoisotopic (exact) mass is 787 g/mol. The highest BCUT2D eigenvalue weighted by atomic mass is 16.5. The van der Waals surface area contributed by atoms with Crippen LogP contribution in [0.1, 0.15) is 133 Å². The fourth-order valence-electron chi connectivity index (χ4n) is 10.2.